The van der Waals surface area contributed by atoms with Gasteiger partial charge in [-0.15, -0.1) is 4.91 Å². The van der Waals surface area contributed by atoms with Gasteiger partial charge in [-0.05, 0) is 42.2 Å². The normalized spacial score (nSPS) is 13.3. The summed E-state index contributed by atoms with van der Waals surface area (Å²) in [6.45, 7) is 2.65. The second-order valence-corrected chi connectivity index (χ2v) is 7.73. The second kappa shape index (κ2) is 9.37. The van der Waals surface area contributed by atoms with Crippen LogP contribution < -0.4 is 10.1 Å². The number of fused-ring (bicyclic) bond motifs is 1. The number of halogens is 2. The molecule has 1 heterocycles. The van der Waals surface area contributed by atoms with Gasteiger partial charge in [-0.2, -0.15) is 0 Å². The van der Waals surface area contributed by atoms with E-state index in [1.165, 1.54) is 6.07 Å². The monoisotopic (exact) mass is 434 g/mol. The van der Waals surface area contributed by atoms with Crippen LogP contribution in [0.15, 0.2) is 35.5 Å². The summed E-state index contributed by atoms with van der Waals surface area (Å²) in [7, 11) is 0. The molecular weight excluding hydrogens is 415 g/mol. The third-order valence-corrected chi connectivity index (χ3v) is 5.50. The lowest BCUT2D eigenvalue weighted by atomic mass is 9.93. The Morgan fingerprint density at radius 3 is 2.72 bits per heavy atom. The molecule has 6 nitrogen and oxygen atoms in total. The highest BCUT2D eigenvalue weighted by Crippen LogP contribution is 2.32. The number of ether oxygens (including phenoxy) is 1. The van der Waals surface area contributed by atoms with Crippen molar-refractivity contribution in [3.63, 3.8) is 0 Å². The Bertz CT molecular complexity index is 962. The summed E-state index contributed by atoms with van der Waals surface area (Å²) in [6, 6.07) is 8.58. The number of nitrogens with zero attached hydrogens (tertiary/aromatic N) is 1. The zero-order valence-electron chi connectivity index (χ0n) is 15.8. The lowest BCUT2D eigenvalue weighted by molar-refractivity contribution is -0.121. The van der Waals surface area contributed by atoms with Crippen molar-refractivity contribution in [1.29, 1.82) is 0 Å². The van der Waals surface area contributed by atoms with E-state index in [0.717, 1.165) is 28.9 Å². The summed E-state index contributed by atoms with van der Waals surface area (Å²) in [5.74, 6) is -0.667. The van der Waals surface area contributed by atoms with E-state index in [-0.39, 0.29) is 17.5 Å². The topological polar surface area (TPSA) is 84.8 Å². The molecule has 2 aromatic carbocycles. The van der Waals surface area contributed by atoms with Crippen LogP contribution in [0, 0.1) is 10.8 Å². The molecule has 0 fully saturated rings. The smallest absolute Gasteiger partial charge is 0.289 e. The average Bonchev–Trinajstić information content (AvgIpc) is 3.18. The van der Waals surface area contributed by atoms with E-state index in [1.807, 2.05) is 19.1 Å². The molecular formula is C21H20Cl2N2O4. The number of amides is 2. The van der Waals surface area contributed by atoms with Gasteiger partial charge in [-0.3, -0.25) is 9.59 Å². The third kappa shape index (κ3) is 4.95. The first-order chi connectivity index (χ1) is 13.9. The lowest BCUT2D eigenvalue weighted by Crippen LogP contribution is -2.23. The van der Waals surface area contributed by atoms with Gasteiger partial charge in [0.1, 0.15) is 5.75 Å². The van der Waals surface area contributed by atoms with Crippen LogP contribution in [0.5, 0.6) is 5.75 Å². The van der Waals surface area contributed by atoms with E-state index in [2.05, 4.69) is 10.5 Å². The molecule has 0 aromatic heterocycles. The van der Waals surface area contributed by atoms with Crippen LogP contribution in [-0.4, -0.2) is 18.4 Å². The SMILES string of the molecule is CCC(Cc1cc2c(c(CNC(=O)c3ccc(Cl)cc3Cl)c1)OCC2)C(=O)N=O. The molecule has 1 N–H and O–H groups in total. The Morgan fingerprint density at radius 1 is 1.24 bits per heavy atom. The van der Waals surface area contributed by atoms with Gasteiger partial charge in [0, 0.05) is 34.6 Å². The van der Waals surface area contributed by atoms with Crippen LogP contribution in [0.25, 0.3) is 0 Å². The fourth-order valence-corrected chi connectivity index (χ4v) is 3.91. The van der Waals surface area contributed by atoms with Gasteiger partial charge in [0.05, 0.1) is 17.2 Å². The molecule has 8 heteroatoms. The van der Waals surface area contributed by atoms with E-state index < -0.39 is 11.8 Å². The number of nitrogens with one attached hydrogen (secondary N) is 1. The van der Waals surface area contributed by atoms with Crippen LogP contribution in [0.1, 0.15) is 40.4 Å². The van der Waals surface area contributed by atoms with E-state index in [0.29, 0.717) is 30.0 Å². The molecule has 2 aromatic rings. The number of rotatable bonds is 7. The fourth-order valence-electron chi connectivity index (χ4n) is 3.42. The Kier molecular flexibility index (Phi) is 6.87. The molecule has 1 unspecified atom stereocenters. The number of carbonyl (C=O) groups is 2. The van der Waals surface area contributed by atoms with Crippen molar-refractivity contribution < 1.29 is 14.3 Å². The van der Waals surface area contributed by atoms with Gasteiger partial charge in [-0.25, -0.2) is 0 Å². The number of hydrogen-bond donors (Lipinski definition) is 1. The molecule has 1 aliphatic rings. The van der Waals surface area contributed by atoms with Gasteiger partial charge < -0.3 is 10.1 Å². The zero-order valence-corrected chi connectivity index (χ0v) is 17.3. The Morgan fingerprint density at radius 2 is 2.03 bits per heavy atom. The van der Waals surface area contributed by atoms with Gasteiger partial charge in [0.2, 0.25) is 0 Å². The second-order valence-electron chi connectivity index (χ2n) is 6.89. The Balaban J connectivity index is 1.79. The highest BCUT2D eigenvalue weighted by atomic mass is 35.5. The van der Waals surface area contributed by atoms with E-state index in [9.17, 15) is 14.5 Å². The number of nitroso groups, excluding NO2 is 1. The molecule has 152 valence electrons. The van der Waals surface area contributed by atoms with Gasteiger partial charge >= 0.3 is 0 Å². The minimum absolute atomic E-state index is 0.241. The van der Waals surface area contributed by atoms with Crippen LogP contribution in [0.4, 0.5) is 0 Å². The summed E-state index contributed by atoms with van der Waals surface area (Å²) in [5, 5.41) is 6.15. The number of carbonyl (C=O) groups excluding carboxylic acids is 2. The van der Waals surface area contributed by atoms with Gasteiger partial charge in [0.25, 0.3) is 11.8 Å². The van der Waals surface area contributed by atoms with Crippen molar-refractivity contribution in [3.8, 4) is 5.75 Å². The molecule has 3 rings (SSSR count). The van der Waals surface area contributed by atoms with Crippen LogP contribution >= 0.6 is 23.2 Å². The van der Waals surface area contributed by atoms with E-state index in [1.54, 1.807) is 12.1 Å². The van der Waals surface area contributed by atoms with E-state index >= 15 is 0 Å². The maximum absolute atomic E-state index is 12.5. The first-order valence-corrected chi connectivity index (χ1v) is 10.1. The minimum atomic E-state index is -0.642. The maximum Gasteiger partial charge on any atom is 0.289 e. The molecule has 0 spiro atoms. The fraction of sp³-hybridized carbons (Fsp3) is 0.333. The van der Waals surface area contributed by atoms with E-state index in [4.69, 9.17) is 27.9 Å². The predicted octanol–water partition coefficient (Wildman–Crippen LogP) is 4.72. The quantitative estimate of drug-likeness (QED) is 0.638. The molecule has 29 heavy (non-hydrogen) atoms. The molecule has 0 radical (unpaired) electrons. The summed E-state index contributed by atoms with van der Waals surface area (Å²) in [5.41, 5.74) is 3.08. The largest absolute Gasteiger partial charge is 0.493 e. The zero-order chi connectivity index (χ0) is 21.0. The third-order valence-electron chi connectivity index (χ3n) is 4.95. The average molecular weight is 435 g/mol. The summed E-state index contributed by atoms with van der Waals surface area (Å²) < 4.78 is 5.73. The van der Waals surface area contributed by atoms with Gasteiger partial charge in [0.15, 0.2) is 0 Å². The lowest BCUT2D eigenvalue weighted by Gasteiger charge is -2.15. The molecule has 0 bridgehead atoms. The highest BCUT2D eigenvalue weighted by molar-refractivity contribution is 6.36. The van der Waals surface area contributed by atoms with Crippen molar-refractivity contribution in [2.45, 2.75) is 32.7 Å². The highest BCUT2D eigenvalue weighted by Gasteiger charge is 2.22. The van der Waals surface area contributed by atoms with Crippen LogP contribution in [0.2, 0.25) is 10.0 Å². The first kappa shape index (κ1) is 21.3. The Hall–Kier alpha value is -2.44. The summed E-state index contributed by atoms with van der Waals surface area (Å²) in [6.07, 6.45) is 1.70. The summed E-state index contributed by atoms with van der Waals surface area (Å²) >= 11 is 12.0. The van der Waals surface area contributed by atoms with Crippen LogP contribution in [0.3, 0.4) is 0 Å². The predicted molar refractivity (Wildman–Crippen MR) is 112 cm³/mol. The molecule has 0 saturated heterocycles. The maximum atomic E-state index is 12.5. The molecule has 1 aliphatic heterocycles. The first-order valence-electron chi connectivity index (χ1n) is 9.30. The molecule has 1 atom stereocenters. The standard InChI is InChI=1S/C21H20Cl2N2O4/c1-2-13(20(26)25-28)7-12-8-14-5-6-29-19(14)15(9-12)11-24-21(27)17-4-3-16(22)10-18(17)23/h3-4,8-10,13H,2,5-7,11H2,1H3,(H,24,27). The number of hydrogen-bond acceptors (Lipinski definition) is 4. The van der Waals surface area contributed by atoms with Crippen molar-refractivity contribution in [1.82, 2.24) is 5.32 Å². The molecule has 0 aliphatic carbocycles. The molecule has 0 saturated carbocycles. The molecule has 2 amide bonds. The Labute approximate surface area is 178 Å². The van der Waals surface area contributed by atoms with Crippen molar-refractivity contribution >= 4 is 35.0 Å². The minimum Gasteiger partial charge on any atom is -0.493 e. The van der Waals surface area contributed by atoms with Crippen molar-refractivity contribution in [3.05, 3.63) is 67.5 Å². The summed E-state index contributed by atoms with van der Waals surface area (Å²) in [4.78, 5) is 34.9. The van der Waals surface area contributed by atoms with Crippen molar-refractivity contribution in [2.24, 2.45) is 11.1 Å². The number of benzene rings is 2. The van der Waals surface area contributed by atoms with Crippen LogP contribution in [-0.2, 0) is 24.2 Å². The van der Waals surface area contributed by atoms with Gasteiger partial charge in [-0.1, -0.05) is 42.3 Å². The van der Waals surface area contributed by atoms with Crippen molar-refractivity contribution in [2.75, 3.05) is 6.61 Å².